The molecule has 2 unspecified atom stereocenters. The van der Waals surface area contributed by atoms with Crippen LogP contribution >= 0.6 is 11.6 Å². The van der Waals surface area contributed by atoms with E-state index in [9.17, 15) is 0 Å². The molecule has 1 aliphatic rings. The third-order valence-electron chi connectivity index (χ3n) is 2.93. The van der Waals surface area contributed by atoms with Crippen LogP contribution in [0.4, 0.5) is 0 Å². The molecule has 0 amide bonds. The molecule has 0 saturated heterocycles. The fraction of sp³-hybridized carbons (Fsp3) is 0.818. The van der Waals surface area contributed by atoms with Gasteiger partial charge in [0, 0.05) is 7.11 Å². The Morgan fingerprint density at radius 1 is 1.64 bits per heavy atom. The monoisotopic (exact) mass is 218 g/mol. The summed E-state index contributed by atoms with van der Waals surface area (Å²) in [5.41, 5.74) is 1.63. The highest BCUT2D eigenvalue weighted by atomic mass is 35.5. The van der Waals surface area contributed by atoms with Gasteiger partial charge >= 0.3 is 0 Å². The van der Waals surface area contributed by atoms with Crippen LogP contribution in [-0.4, -0.2) is 25.4 Å². The molecule has 0 N–H and O–H groups in total. The van der Waals surface area contributed by atoms with E-state index in [2.05, 4.69) is 26.8 Å². The lowest BCUT2D eigenvalue weighted by Crippen LogP contribution is -2.24. The number of hydrogen-bond donors (Lipinski definition) is 0. The minimum atomic E-state index is -0.292. The van der Waals surface area contributed by atoms with E-state index < -0.39 is 0 Å². The van der Waals surface area contributed by atoms with Gasteiger partial charge in [0.25, 0.3) is 0 Å². The van der Waals surface area contributed by atoms with E-state index in [4.69, 9.17) is 21.1 Å². The third kappa shape index (κ3) is 2.72. The summed E-state index contributed by atoms with van der Waals surface area (Å²) < 4.78 is 10.8. The summed E-state index contributed by atoms with van der Waals surface area (Å²) >= 11 is 5.68. The first-order chi connectivity index (χ1) is 6.49. The molecule has 0 aromatic carbocycles. The van der Waals surface area contributed by atoms with Crippen molar-refractivity contribution in [3.05, 3.63) is 11.6 Å². The van der Waals surface area contributed by atoms with Gasteiger partial charge in [0.05, 0.1) is 12.0 Å². The molecule has 0 aromatic heterocycles. The van der Waals surface area contributed by atoms with E-state index in [0.29, 0.717) is 5.88 Å². The molecule has 0 fully saturated rings. The van der Waals surface area contributed by atoms with Crippen LogP contribution in [0, 0.1) is 5.41 Å². The second-order valence-electron chi connectivity index (χ2n) is 4.43. The second-order valence-corrected chi connectivity index (χ2v) is 4.74. The molecule has 3 heteroatoms. The number of alkyl halides is 1. The fourth-order valence-corrected chi connectivity index (χ4v) is 1.86. The molecule has 0 heterocycles. The predicted molar refractivity (Wildman–Crippen MR) is 58.5 cm³/mol. The largest absolute Gasteiger partial charge is 0.355 e. The van der Waals surface area contributed by atoms with Crippen LogP contribution in [0.5, 0.6) is 0 Å². The molecule has 2 atom stereocenters. The summed E-state index contributed by atoms with van der Waals surface area (Å²) in [6.07, 6.45) is 3.03. The fourth-order valence-electron chi connectivity index (χ4n) is 1.66. The van der Waals surface area contributed by atoms with Crippen molar-refractivity contribution < 1.29 is 9.47 Å². The Hall–Kier alpha value is -0.0500. The Morgan fingerprint density at radius 2 is 2.29 bits per heavy atom. The number of rotatable bonds is 4. The van der Waals surface area contributed by atoms with E-state index in [1.54, 1.807) is 7.11 Å². The summed E-state index contributed by atoms with van der Waals surface area (Å²) in [7, 11) is 1.61. The van der Waals surface area contributed by atoms with E-state index >= 15 is 0 Å². The molecule has 0 spiro atoms. The Labute approximate surface area is 91.2 Å². The van der Waals surface area contributed by atoms with Gasteiger partial charge in [-0.3, -0.25) is 0 Å². The minimum absolute atomic E-state index is 0.147. The highest BCUT2D eigenvalue weighted by molar-refractivity contribution is 6.18. The van der Waals surface area contributed by atoms with Crippen LogP contribution in [0.15, 0.2) is 11.6 Å². The lowest BCUT2D eigenvalue weighted by molar-refractivity contribution is -0.131. The zero-order valence-corrected chi connectivity index (χ0v) is 10.1. The molecule has 82 valence electrons. The molecule has 0 bridgehead atoms. The molecule has 0 aromatic rings. The van der Waals surface area contributed by atoms with E-state index in [0.717, 1.165) is 6.42 Å². The smallest absolute Gasteiger partial charge is 0.171 e. The zero-order chi connectivity index (χ0) is 10.8. The number of allylic oxidation sites excluding steroid dienone is 1. The van der Waals surface area contributed by atoms with Crippen molar-refractivity contribution in [2.75, 3.05) is 13.0 Å². The summed E-state index contributed by atoms with van der Waals surface area (Å²) in [4.78, 5) is 0. The third-order valence-corrected chi connectivity index (χ3v) is 3.18. The Balaban J connectivity index is 2.50. The van der Waals surface area contributed by atoms with Crippen LogP contribution in [-0.2, 0) is 9.47 Å². The van der Waals surface area contributed by atoms with Gasteiger partial charge in [-0.2, -0.15) is 0 Å². The maximum Gasteiger partial charge on any atom is 0.171 e. The van der Waals surface area contributed by atoms with Crippen LogP contribution in [0.2, 0.25) is 0 Å². The SMILES string of the molecule is COC(CCl)OC1C=C(C)C(C)(C)C1. The van der Waals surface area contributed by atoms with Crippen molar-refractivity contribution in [3.8, 4) is 0 Å². The quantitative estimate of drug-likeness (QED) is 0.410. The Morgan fingerprint density at radius 3 is 2.64 bits per heavy atom. The Bertz CT molecular complexity index is 219. The number of hydrogen-bond acceptors (Lipinski definition) is 2. The van der Waals surface area contributed by atoms with Crippen molar-refractivity contribution in [2.45, 2.75) is 39.6 Å². The van der Waals surface area contributed by atoms with Gasteiger partial charge in [-0.25, -0.2) is 0 Å². The first kappa shape index (κ1) is 12.0. The zero-order valence-electron chi connectivity index (χ0n) is 9.34. The lowest BCUT2D eigenvalue weighted by atomic mass is 9.87. The average molecular weight is 219 g/mol. The molecule has 2 nitrogen and oxygen atoms in total. The van der Waals surface area contributed by atoms with Crippen LogP contribution < -0.4 is 0 Å². The lowest BCUT2D eigenvalue weighted by Gasteiger charge is -2.22. The maximum absolute atomic E-state index is 5.69. The normalized spacial score (nSPS) is 27.5. The molecule has 0 aliphatic heterocycles. The van der Waals surface area contributed by atoms with Crippen LogP contribution in [0.3, 0.4) is 0 Å². The van der Waals surface area contributed by atoms with Gasteiger partial charge in [0.1, 0.15) is 0 Å². The molecular weight excluding hydrogens is 200 g/mol. The average Bonchev–Trinajstić information content (AvgIpc) is 2.36. The molecule has 1 rings (SSSR count). The van der Waals surface area contributed by atoms with Crippen molar-refractivity contribution in [2.24, 2.45) is 5.41 Å². The van der Waals surface area contributed by atoms with Crippen molar-refractivity contribution >= 4 is 11.6 Å². The van der Waals surface area contributed by atoms with Gasteiger partial charge in [-0.1, -0.05) is 25.5 Å². The molecule has 0 radical (unpaired) electrons. The van der Waals surface area contributed by atoms with Gasteiger partial charge in [-0.15, -0.1) is 11.6 Å². The molecular formula is C11H19ClO2. The summed E-state index contributed by atoms with van der Waals surface area (Å²) in [5, 5.41) is 0. The molecule has 0 saturated carbocycles. The van der Waals surface area contributed by atoms with E-state index in [-0.39, 0.29) is 17.8 Å². The topological polar surface area (TPSA) is 18.5 Å². The highest BCUT2D eigenvalue weighted by Gasteiger charge is 2.32. The van der Waals surface area contributed by atoms with Gasteiger partial charge in [0.15, 0.2) is 6.29 Å². The summed E-state index contributed by atoms with van der Waals surface area (Å²) in [6.45, 7) is 6.60. The first-order valence-corrected chi connectivity index (χ1v) is 5.46. The standard InChI is InChI=1S/C11H19ClO2/c1-8-5-9(6-11(8,2)3)14-10(7-12)13-4/h5,9-10H,6-7H2,1-4H3. The number of ether oxygens (including phenoxy) is 2. The van der Waals surface area contributed by atoms with Crippen molar-refractivity contribution in [1.82, 2.24) is 0 Å². The first-order valence-electron chi connectivity index (χ1n) is 4.92. The minimum Gasteiger partial charge on any atom is -0.355 e. The second kappa shape index (κ2) is 4.65. The van der Waals surface area contributed by atoms with Crippen LogP contribution in [0.1, 0.15) is 27.2 Å². The van der Waals surface area contributed by atoms with Gasteiger partial charge in [0.2, 0.25) is 0 Å². The van der Waals surface area contributed by atoms with Gasteiger partial charge in [-0.05, 0) is 18.8 Å². The number of halogens is 1. The highest BCUT2D eigenvalue weighted by Crippen LogP contribution is 2.39. The van der Waals surface area contributed by atoms with Crippen molar-refractivity contribution in [1.29, 1.82) is 0 Å². The van der Waals surface area contributed by atoms with Gasteiger partial charge < -0.3 is 9.47 Å². The number of methoxy groups -OCH3 is 1. The summed E-state index contributed by atoms with van der Waals surface area (Å²) in [5.74, 6) is 0.375. The molecule has 14 heavy (non-hydrogen) atoms. The van der Waals surface area contributed by atoms with Crippen LogP contribution in [0.25, 0.3) is 0 Å². The van der Waals surface area contributed by atoms with Crippen molar-refractivity contribution in [3.63, 3.8) is 0 Å². The van der Waals surface area contributed by atoms with E-state index in [1.165, 1.54) is 5.57 Å². The van der Waals surface area contributed by atoms with E-state index in [1.807, 2.05) is 0 Å². The maximum atomic E-state index is 5.69. The Kier molecular flexibility index (Phi) is 3.99. The molecule has 1 aliphatic carbocycles. The predicted octanol–water partition coefficient (Wildman–Crippen LogP) is 2.96. The summed E-state index contributed by atoms with van der Waals surface area (Å²) in [6, 6.07) is 0.